The van der Waals surface area contributed by atoms with Crippen LogP contribution in [-0.4, -0.2) is 39.6 Å². The van der Waals surface area contributed by atoms with Gasteiger partial charge >= 0.3 is 0 Å². The molecule has 0 aliphatic heterocycles. The first-order valence-corrected chi connectivity index (χ1v) is 15.0. The van der Waals surface area contributed by atoms with E-state index in [1.54, 1.807) is 0 Å². The molecular weight excluding hydrogens is 432 g/mol. The molecule has 0 aromatic heterocycles. The molecule has 0 aliphatic rings. The Balaban J connectivity index is -0.000000447. The zero-order valence-corrected chi connectivity index (χ0v) is 26.8. The van der Waals surface area contributed by atoms with Gasteiger partial charge in [-0.25, -0.2) is 0 Å². The third kappa shape index (κ3) is 44.3. The van der Waals surface area contributed by atoms with Crippen molar-refractivity contribution in [3.8, 4) is 0 Å². The van der Waals surface area contributed by atoms with Crippen molar-refractivity contribution in [3.05, 3.63) is 0 Å². The van der Waals surface area contributed by atoms with Crippen LogP contribution in [0.1, 0.15) is 129 Å². The summed E-state index contributed by atoms with van der Waals surface area (Å²) >= 11 is 0. The van der Waals surface area contributed by atoms with Gasteiger partial charge in [0.1, 0.15) is 0 Å². The molecule has 0 fully saturated rings. The van der Waals surface area contributed by atoms with E-state index in [0.29, 0.717) is 0 Å². The molecule has 0 rings (SSSR count). The molecule has 35 heavy (non-hydrogen) atoms. The van der Waals surface area contributed by atoms with Gasteiger partial charge in [0, 0.05) is 26.4 Å². The van der Waals surface area contributed by atoms with E-state index >= 15 is 0 Å². The summed E-state index contributed by atoms with van der Waals surface area (Å²) < 4.78 is 16.3. The Bertz CT molecular complexity index is 351. The van der Waals surface area contributed by atoms with E-state index in [0.717, 1.165) is 93.9 Å². The fourth-order valence-electron chi connectivity index (χ4n) is 2.63. The summed E-state index contributed by atoms with van der Waals surface area (Å²) in [6, 6.07) is 0. The molecule has 1 atom stereocenters. The monoisotopic (exact) mass is 503 g/mol. The van der Waals surface area contributed by atoms with Crippen LogP contribution < -0.4 is 0 Å². The summed E-state index contributed by atoms with van der Waals surface area (Å²) in [5, 5.41) is 0. The fourth-order valence-corrected chi connectivity index (χ4v) is 2.63. The van der Waals surface area contributed by atoms with Crippen molar-refractivity contribution in [3.63, 3.8) is 0 Å². The van der Waals surface area contributed by atoms with E-state index in [-0.39, 0.29) is 0 Å². The average molecular weight is 503 g/mol. The van der Waals surface area contributed by atoms with Crippen molar-refractivity contribution in [2.24, 2.45) is 41.4 Å². The number of hydrogen-bond acceptors (Lipinski definition) is 3. The second-order valence-corrected chi connectivity index (χ2v) is 12.8. The molecule has 0 aliphatic carbocycles. The Morgan fingerprint density at radius 2 is 0.571 bits per heavy atom. The molecule has 0 aromatic rings. The summed E-state index contributed by atoms with van der Waals surface area (Å²) in [4.78, 5) is 0. The van der Waals surface area contributed by atoms with Crippen molar-refractivity contribution in [2.45, 2.75) is 129 Å². The fraction of sp³-hybridized carbons (Fsp3) is 1.00. The van der Waals surface area contributed by atoms with E-state index in [2.05, 4.69) is 90.0 Å². The lowest BCUT2D eigenvalue weighted by molar-refractivity contribution is 0.0405. The normalized spacial score (nSPS) is 12.4. The zero-order chi connectivity index (χ0) is 27.6. The molecule has 3 nitrogen and oxygen atoms in total. The van der Waals surface area contributed by atoms with Crippen molar-refractivity contribution in [2.75, 3.05) is 39.6 Å². The number of hydrogen-bond donors (Lipinski definition) is 0. The molecule has 0 spiro atoms. The van der Waals surface area contributed by atoms with Gasteiger partial charge in [0.05, 0.1) is 13.2 Å². The lowest BCUT2D eigenvalue weighted by atomic mass is 9.91. The smallest absolute Gasteiger partial charge is 0.0700 e. The zero-order valence-electron chi connectivity index (χ0n) is 26.8. The third-order valence-corrected chi connectivity index (χ3v) is 6.07. The molecule has 0 heterocycles. The summed E-state index contributed by atoms with van der Waals surface area (Å²) in [5.74, 6) is 5.65. The Kier molecular flexibility index (Phi) is 32.0. The summed E-state index contributed by atoms with van der Waals surface area (Å²) in [6.45, 7) is 34.4. The van der Waals surface area contributed by atoms with Crippen molar-refractivity contribution >= 4 is 0 Å². The largest absolute Gasteiger partial charge is 0.381 e. The van der Waals surface area contributed by atoms with Crippen LogP contribution in [0.15, 0.2) is 0 Å². The highest BCUT2D eigenvalue weighted by molar-refractivity contribution is 4.58. The minimum atomic E-state index is 0.733. The van der Waals surface area contributed by atoms with Crippen LogP contribution in [0.2, 0.25) is 0 Å². The maximum atomic E-state index is 5.46. The maximum Gasteiger partial charge on any atom is 0.0700 e. The standard InChI is InChI=1S/C12H26O2.C10H22O.C10H22/c1-11(2)5-7-13-9-10-14-8-6-12(3)4;1-9(2)5-7-11-8-6-10(3)4;1-8(2)6-7-10(5)9(3)4/h11-12H,5-10H2,1-4H3;9-10H,5-8H2,1-4H3;8-10H,6-7H2,1-5H3. The van der Waals surface area contributed by atoms with Crippen LogP contribution in [0.3, 0.4) is 0 Å². The molecule has 0 amide bonds. The van der Waals surface area contributed by atoms with Crippen LogP contribution in [0.5, 0.6) is 0 Å². The van der Waals surface area contributed by atoms with Gasteiger partial charge in [-0.05, 0) is 67.1 Å². The van der Waals surface area contributed by atoms with Crippen LogP contribution in [0.4, 0.5) is 0 Å². The SMILES string of the molecule is CC(C)CCC(C)C(C)C.CC(C)CCOCCC(C)C.CC(C)CCOCCOCCC(C)C. The van der Waals surface area contributed by atoms with Crippen LogP contribution in [0, 0.1) is 41.4 Å². The van der Waals surface area contributed by atoms with Crippen molar-refractivity contribution < 1.29 is 14.2 Å². The van der Waals surface area contributed by atoms with Crippen molar-refractivity contribution in [1.82, 2.24) is 0 Å². The Labute approximate surface area is 223 Å². The lowest BCUT2D eigenvalue weighted by Gasteiger charge is -2.15. The first-order valence-electron chi connectivity index (χ1n) is 15.0. The second-order valence-electron chi connectivity index (χ2n) is 12.8. The molecule has 3 heteroatoms. The Hall–Kier alpha value is -0.120. The topological polar surface area (TPSA) is 27.7 Å². The molecule has 0 bridgehead atoms. The number of rotatable bonds is 19. The van der Waals surface area contributed by atoms with Gasteiger partial charge in [-0.1, -0.05) is 103 Å². The molecule has 1 unspecified atom stereocenters. The highest BCUT2D eigenvalue weighted by Gasteiger charge is 2.07. The second kappa shape index (κ2) is 28.5. The minimum absolute atomic E-state index is 0.733. The van der Waals surface area contributed by atoms with Gasteiger partial charge in [0.15, 0.2) is 0 Å². The molecule has 0 aromatic carbocycles. The Morgan fingerprint density at radius 3 is 0.800 bits per heavy atom. The predicted octanol–water partition coefficient (Wildman–Crippen LogP) is 9.92. The van der Waals surface area contributed by atoms with Gasteiger partial charge in [-0.3, -0.25) is 0 Å². The third-order valence-electron chi connectivity index (χ3n) is 6.07. The van der Waals surface area contributed by atoms with E-state index in [9.17, 15) is 0 Å². The number of ether oxygens (including phenoxy) is 3. The van der Waals surface area contributed by atoms with Crippen LogP contribution in [0.25, 0.3) is 0 Å². The van der Waals surface area contributed by atoms with E-state index < -0.39 is 0 Å². The quantitative estimate of drug-likeness (QED) is 0.164. The maximum absolute atomic E-state index is 5.46. The van der Waals surface area contributed by atoms with E-state index in [1.165, 1.54) is 25.7 Å². The molecule has 0 N–H and O–H groups in total. The van der Waals surface area contributed by atoms with Gasteiger partial charge < -0.3 is 14.2 Å². The molecular formula is C32H70O3. The lowest BCUT2D eigenvalue weighted by Crippen LogP contribution is -2.08. The molecule has 216 valence electrons. The Morgan fingerprint density at radius 1 is 0.314 bits per heavy atom. The first kappa shape index (κ1) is 39.4. The van der Waals surface area contributed by atoms with Crippen LogP contribution in [-0.2, 0) is 14.2 Å². The average Bonchev–Trinajstić information content (AvgIpc) is 2.73. The summed E-state index contributed by atoms with van der Waals surface area (Å²) in [7, 11) is 0. The predicted molar refractivity (Wildman–Crippen MR) is 158 cm³/mol. The molecule has 0 saturated heterocycles. The van der Waals surface area contributed by atoms with Gasteiger partial charge in [0.25, 0.3) is 0 Å². The summed E-state index contributed by atoms with van der Waals surface area (Å²) in [5.41, 5.74) is 0. The van der Waals surface area contributed by atoms with E-state index in [4.69, 9.17) is 14.2 Å². The minimum Gasteiger partial charge on any atom is -0.381 e. The molecule has 0 radical (unpaired) electrons. The van der Waals surface area contributed by atoms with E-state index in [1.807, 2.05) is 0 Å². The van der Waals surface area contributed by atoms with Gasteiger partial charge in [0.2, 0.25) is 0 Å². The summed E-state index contributed by atoms with van der Waals surface area (Å²) in [6.07, 6.45) is 7.46. The first-order chi connectivity index (χ1) is 16.3. The van der Waals surface area contributed by atoms with Gasteiger partial charge in [-0.15, -0.1) is 0 Å². The molecule has 0 saturated carbocycles. The van der Waals surface area contributed by atoms with Crippen LogP contribution >= 0.6 is 0 Å². The van der Waals surface area contributed by atoms with Gasteiger partial charge in [-0.2, -0.15) is 0 Å². The van der Waals surface area contributed by atoms with Crippen molar-refractivity contribution in [1.29, 1.82) is 0 Å². The highest BCUT2D eigenvalue weighted by atomic mass is 16.5. The highest BCUT2D eigenvalue weighted by Crippen LogP contribution is 2.18.